The molecule has 0 aliphatic carbocycles. The number of carbonyl (C=O) groups is 2. The molecule has 0 saturated carbocycles. The Balaban J connectivity index is 1.14. The Bertz CT molecular complexity index is 1180. The molecular formula is C28H32FN3O2. The number of nitrogens with one attached hydrogen (secondary N) is 1. The molecule has 0 bridgehead atoms. The van der Waals surface area contributed by atoms with Crippen molar-refractivity contribution in [2.75, 3.05) is 26.2 Å². The summed E-state index contributed by atoms with van der Waals surface area (Å²) in [5.41, 5.74) is 3.47. The van der Waals surface area contributed by atoms with Crippen LogP contribution in [-0.2, 0) is 0 Å². The van der Waals surface area contributed by atoms with E-state index in [1.54, 1.807) is 12.1 Å². The summed E-state index contributed by atoms with van der Waals surface area (Å²) in [5.74, 6) is -0.0805. The molecule has 1 aromatic heterocycles. The lowest BCUT2D eigenvalue weighted by Gasteiger charge is -2.33. The van der Waals surface area contributed by atoms with E-state index < -0.39 is 0 Å². The maximum Gasteiger partial charge on any atom is 0.270 e. The summed E-state index contributed by atoms with van der Waals surface area (Å²) >= 11 is 0. The number of amides is 1. The number of hydrogen-bond donors (Lipinski definition) is 1. The minimum atomic E-state index is -0.314. The van der Waals surface area contributed by atoms with Crippen molar-refractivity contribution in [1.29, 1.82) is 0 Å². The SMILES string of the molecule is Cc1ccc2[nH]c(C(=O)N3CCC[C@H]3CCN3CCC(C(=O)c4ccc(F)cc4)CC3)cc2c1. The number of H-pyrrole nitrogens is 1. The van der Waals surface area contributed by atoms with E-state index in [1.165, 1.54) is 17.7 Å². The highest BCUT2D eigenvalue weighted by atomic mass is 19.1. The van der Waals surface area contributed by atoms with Crippen LogP contribution in [0.1, 0.15) is 58.5 Å². The number of nitrogens with zero attached hydrogens (tertiary/aromatic N) is 2. The maximum absolute atomic E-state index is 13.3. The highest BCUT2D eigenvalue weighted by Crippen LogP contribution is 2.27. The standard InChI is InChI=1S/C28H32FN3O2/c1-19-4-9-25-22(17-19)18-26(30-25)28(34)32-13-2-3-24(32)12-16-31-14-10-21(11-15-31)27(33)20-5-7-23(29)8-6-20/h4-9,17-18,21,24,30H,2-3,10-16H2,1H3/t24-/m0/s1. The van der Waals surface area contributed by atoms with E-state index >= 15 is 0 Å². The number of aryl methyl sites for hydroxylation is 1. The minimum Gasteiger partial charge on any atom is -0.351 e. The predicted octanol–water partition coefficient (Wildman–Crippen LogP) is 5.21. The van der Waals surface area contributed by atoms with E-state index in [4.69, 9.17) is 0 Å². The van der Waals surface area contributed by atoms with Gasteiger partial charge in [-0.05, 0) is 94.6 Å². The van der Waals surface area contributed by atoms with Gasteiger partial charge >= 0.3 is 0 Å². The second-order valence-corrected chi connectivity index (χ2v) is 9.84. The second-order valence-electron chi connectivity index (χ2n) is 9.84. The van der Waals surface area contributed by atoms with Crippen molar-refractivity contribution in [3.63, 3.8) is 0 Å². The van der Waals surface area contributed by atoms with Crippen LogP contribution in [0.25, 0.3) is 10.9 Å². The van der Waals surface area contributed by atoms with Crippen LogP contribution >= 0.6 is 0 Å². The highest BCUT2D eigenvalue weighted by Gasteiger charge is 2.31. The molecule has 2 aliphatic heterocycles. The van der Waals surface area contributed by atoms with Gasteiger partial charge in [0.15, 0.2) is 5.78 Å². The number of ketones is 1. The molecule has 0 unspecified atom stereocenters. The van der Waals surface area contributed by atoms with Gasteiger partial charge in [0, 0.05) is 41.5 Å². The second kappa shape index (κ2) is 9.71. The van der Waals surface area contributed by atoms with Gasteiger partial charge in [0.2, 0.25) is 0 Å². The third kappa shape index (κ3) is 4.78. The molecule has 2 aliphatic rings. The van der Waals surface area contributed by atoms with Gasteiger partial charge in [-0.2, -0.15) is 0 Å². The van der Waals surface area contributed by atoms with Gasteiger partial charge in [0.05, 0.1) is 0 Å². The Morgan fingerprint density at radius 2 is 1.76 bits per heavy atom. The first-order valence-corrected chi connectivity index (χ1v) is 12.4. The smallest absolute Gasteiger partial charge is 0.270 e. The molecule has 3 heterocycles. The van der Waals surface area contributed by atoms with Gasteiger partial charge in [-0.15, -0.1) is 0 Å². The average molecular weight is 462 g/mol. The fourth-order valence-corrected chi connectivity index (χ4v) is 5.53. The van der Waals surface area contributed by atoms with Crippen LogP contribution in [0.4, 0.5) is 4.39 Å². The van der Waals surface area contributed by atoms with E-state index in [2.05, 4.69) is 28.9 Å². The third-order valence-corrected chi connectivity index (χ3v) is 7.51. The lowest BCUT2D eigenvalue weighted by molar-refractivity contribution is 0.0700. The van der Waals surface area contributed by atoms with Crippen LogP contribution in [0.3, 0.4) is 0 Å². The normalized spacial score (nSPS) is 19.7. The molecule has 5 nitrogen and oxygen atoms in total. The molecule has 1 N–H and O–H groups in total. The van der Waals surface area contributed by atoms with E-state index in [9.17, 15) is 14.0 Å². The summed E-state index contributed by atoms with van der Waals surface area (Å²) in [5, 5.41) is 1.08. The number of rotatable bonds is 6. The zero-order valence-electron chi connectivity index (χ0n) is 19.7. The first-order valence-electron chi connectivity index (χ1n) is 12.4. The largest absolute Gasteiger partial charge is 0.351 e. The zero-order chi connectivity index (χ0) is 23.7. The molecule has 2 aromatic carbocycles. The monoisotopic (exact) mass is 461 g/mol. The summed E-state index contributed by atoms with van der Waals surface area (Å²) in [6, 6.07) is 14.3. The van der Waals surface area contributed by atoms with Gasteiger partial charge in [-0.25, -0.2) is 4.39 Å². The number of piperidine rings is 1. The van der Waals surface area contributed by atoms with Crippen LogP contribution in [0, 0.1) is 18.7 Å². The molecule has 178 valence electrons. The number of Topliss-reactive ketones (excluding diaryl/α,β-unsaturated/α-hetero) is 1. The van der Waals surface area contributed by atoms with Crippen LogP contribution < -0.4 is 0 Å². The van der Waals surface area contributed by atoms with Gasteiger partial charge in [-0.1, -0.05) is 11.6 Å². The lowest BCUT2D eigenvalue weighted by Crippen LogP contribution is -2.41. The van der Waals surface area contributed by atoms with Crippen LogP contribution in [0.5, 0.6) is 0 Å². The number of aromatic nitrogens is 1. The average Bonchev–Trinajstić information content (AvgIpc) is 3.49. The number of carbonyl (C=O) groups excluding carboxylic acids is 2. The molecular weight excluding hydrogens is 429 g/mol. The molecule has 2 saturated heterocycles. The maximum atomic E-state index is 13.3. The summed E-state index contributed by atoms with van der Waals surface area (Å²) in [6.07, 6.45) is 4.71. The van der Waals surface area contributed by atoms with Crippen molar-refractivity contribution >= 4 is 22.6 Å². The van der Waals surface area contributed by atoms with Gasteiger partial charge in [-0.3, -0.25) is 9.59 Å². The van der Waals surface area contributed by atoms with E-state index in [0.29, 0.717) is 11.3 Å². The Morgan fingerprint density at radius 3 is 2.53 bits per heavy atom. The predicted molar refractivity (Wildman–Crippen MR) is 132 cm³/mol. The lowest BCUT2D eigenvalue weighted by atomic mass is 9.88. The molecule has 5 rings (SSSR count). The molecule has 6 heteroatoms. The minimum absolute atomic E-state index is 0.0110. The topological polar surface area (TPSA) is 56.4 Å². The van der Waals surface area contributed by atoms with E-state index in [-0.39, 0.29) is 29.5 Å². The number of fused-ring (bicyclic) bond motifs is 1. The van der Waals surface area contributed by atoms with E-state index in [0.717, 1.165) is 69.2 Å². The summed E-state index contributed by atoms with van der Waals surface area (Å²) in [6.45, 7) is 5.59. The Hall–Kier alpha value is -2.99. The van der Waals surface area contributed by atoms with Crippen LogP contribution in [-0.4, -0.2) is 58.7 Å². The Labute approximate surface area is 199 Å². The Morgan fingerprint density at radius 1 is 1.00 bits per heavy atom. The molecule has 2 fully saturated rings. The number of benzene rings is 2. The van der Waals surface area contributed by atoms with E-state index in [1.807, 2.05) is 17.0 Å². The number of likely N-dealkylation sites (tertiary alicyclic amines) is 2. The van der Waals surface area contributed by atoms with Gasteiger partial charge < -0.3 is 14.8 Å². The van der Waals surface area contributed by atoms with Gasteiger partial charge in [0.1, 0.15) is 11.5 Å². The summed E-state index contributed by atoms with van der Waals surface area (Å²) in [4.78, 5) is 33.8. The van der Waals surface area contributed by atoms with Crippen molar-refractivity contribution in [3.8, 4) is 0 Å². The molecule has 3 aromatic rings. The van der Waals surface area contributed by atoms with Gasteiger partial charge in [0.25, 0.3) is 5.91 Å². The first-order chi connectivity index (χ1) is 16.5. The van der Waals surface area contributed by atoms with Crippen molar-refractivity contribution in [2.45, 2.75) is 45.1 Å². The van der Waals surface area contributed by atoms with Crippen molar-refractivity contribution in [1.82, 2.24) is 14.8 Å². The third-order valence-electron chi connectivity index (χ3n) is 7.51. The summed E-state index contributed by atoms with van der Waals surface area (Å²) < 4.78 is 13.1. The van der Waals surface area contributed by atoms with Crippen molar-refractivity contribution in [2.24, 2.45) is 5.92 Å². The first kappa shape index (κ1) is 22.8. The fourth-order valence-electron chi connectivity index (χ4n) is 5.53. The molecule has 1 atom stereocenters. The highest BCUT2D eigenvalue weighted by molar-refractivity contribution is 5.98. The van der Waals surface area contributed by atoms with Crippen LogP contribution in [0.15, 0.2) is 48.5 Å². The number of halogens is 1. The van der Waals surface area contributed by atoms with Crippen molar-refractivity contribution < 1.29 is 14.0 Å². The fraction of sp³-hybridized carbons (Fsp3) is 0.429. The van der Waals surface area contributed by atoms with Crippen molar-refractivity contribution in [3.05, 3.63) is 71.2 Å². The quantitative estimate of drug-likeness (QED) is 0.513. The molecule has 1 amide bonds. The molecule has 0 radical (unpaired) electrons. The zero-order valence-corrected chi connectivity index (χ0v) is 19.7. The number of aromatic amines is 1. The Kier molecular flexibility index (Phi) is 6.50. The molecule has 0 spiro atoms. The molecule has 34 heavy (non-hydrogen) atoms. The summed E-state index contributed by atoms with van der Waals surface area (Å²) in [7, 11) is 0. The van der Waals surface area contributed by atoms with Crippen LogP contribution in [0.2, 0.25) is 0 Å². The number of hydrogen-bond acceptors (Lipinski definition) is 3.